The third-order valence-corrected chi connectivity index (χ3v) is 3.52. The minimum Gasteiger partial charge on any atom is -0.376 e. The number of halogens is 1. The molecule has 0 saturated carbocycles. The monoisotopic (exact) mass is 345 g/mol. The van der Waals surface area contributed by atoms with Crippen molar-refractivity contribution < 1.29 is 9.59 Å². The van der Waals surface area contributed by atoms with Gasteiger partial charge in [0.1, 0.15) is 0 Å². The van der Waals surface area contributed by atoms with Gasteiger partial charge in [-0.25, -0.2) is 0 Å². The highest BCUT2D eigenvalue weighted by atomic mass is 35.5. The summed E-state index contributed by atoms with van der Waals surface area (Å²) in [5, 5.41) is 9.24. The van der Waals surface area contributed by atoms with Crippen LogP contribution in [-0.2, 0) is 4.79 Å². The van der Waals surface area contributed by atoms with Crippen LogP contribution in [0.5, 0.6) is 0 Å². The number of carbonyl (C=O) groups excluding carboxylic acids is 2. The second-order valence-corrected chi connectivity index (χ2v) is 5.68. The van der Waals surface area contributed by atoms with E-state index < -0.39 is 0 Å². The molecular weight excluding hydrogens is 326 g/mol. The van der Waals surface area contributed by atoms with Gasteiger partial charge in [-0.15, -0.1) is 0 Å². The molecule has 0 aliphatic rings. The number of hydrogen-bond acceptors (Lipinski definition) is 3. The quantitative estimate of drug-likeness (QED) is 0.719. The molecular formula is C18H20ClN3O2. The maximum absolute atomic E-state index is 11.9. The summed E-state index contributed by atoms with van der Waals surface area (Å²) in [6.07, 6.45) is 0.889. The number of nitrogens with one attached hydrogen (secondary N) is 3. The van der Waals surface area contributed by atoms with Gasteiger partial charge in [0.2, 0.25) is 5.91 Å². The van der Waals surface area contributed by atoms with Gasteiger partial charge in [-0.05, 0) is 55.0 Å². The molecule has 5 nitrogen and oxygen atoms in total. The molecule has 0 bridgehead atoms. The lowest BCUT2D eigenvalue weighted by Crippen LogP contribution is -2.24. The molecule has 2 amide bonds. The fourth-order valence-corrected chi connectivity index (χ4v) is 2.13. The van der Waals surface area contributed by atoms with E-state index in [-0.39, 0.29) is 18.4 Å². The van der Waals surface area contributed by atoms with Gasteiger partial charge >= 0.3 is 0 Å². The Hall–Kier alpha value is -2.53. The van der Waals surface area contributed by atoms with Crippen LogP contribution in [0.2, 0.25) is 5.02 Å². The minimum absolute atomic E-state index is 0.112. The first-order chi connectivity index (χ1) is 11.6. The third-order valence-electron chi connectivity index (χ3n) is 3.26. The molecule has 0 radical (unpaired) electrons. The van der Waals surface area contributed by atoms with E-state index in [0.717, 1.165) is 12.1 Å². The van der Waals surface area contributed by atoms with Crippen molar-refractivity contribution in [1.82, 2.24) is 5.32 Å². The van der Waals surface area contributed by atoms with Gasteiger partial charge in [0.15, 0.2) is 0 Å². The first kappa shape index (κ1) is 17.8. The van der Waals surface area contributed by atoms with Crippen molar-refractivity contribution in [3.05, 3.63) is 59.1 Å². The van der Waals surface area contributed by atoms with E-state index in [9.17, 15) is 9.59 Å². The molecule has 2 rings (SSSR count). The standard InChI is InChI=1S/C18H20ClN3O2/c1-2-11-20-18(24)13-3-7-16(8-4-13)22-17(23)12-21-15-9-5-14(19)6-10-15/h3-10,21H,2,11-12H2,1H3,(H,20,24)(H,22,23). The molecule has 24 heavy (non-hydrogen) atoms. The Bertz CT molecular complexity index is 684. The van der Waals surface area contributed by atoms with Crippen LogP contribution in [0.1, 0.15) is 23.7 Å². The second-order valence-electron chi connectivity index (χ2n) is 5.24. The van der Waals surface area contributed by atoms with Gasteiger partial charge in [-0.3, -0.25) is 9.59 Å². The summed E-state index contributed by atoms with van der Waals surface area (Å²) in [6.45, 7) is 2.78. The molecule has 0 aliphatic carbocycles. The van der Waals surface area contributed by atoms with Gasteiger partial charge in [0.25, 0.3) is 5.91 Å². The highest BCUT2D eigenvalue weighted by Gasteiger charge is 2.06. The van der Waals surface area contributed by atoms with Crippen LogP contribution >= 0.6 is 11.6 Å². The predicted octanol–water partition coefficient (Wildman–Crippen LogP) is 3.53. The Labute approximate surface area is 146 Å². The number of hydrogen-bond donors (Lipinski definition) is 3. The topological polar surface area (TPSA) is 70.2 Å². The van der Waals surface area contributed by atoms with Crippen LogP contribution in [0.3, 0.4) is 0 Å². The maximum Gasteiger partial charge on any atom is 0.251 e. The number of carbonyl (C=O) groups is 2. The van der Waals surface area contributed by atoms with Crippen LogP contribution in [-0.4, -0.2) is 24.9 Å². The number of rotatable bonds is 7. The van der Waals surface area contributed by atoms with Gasteiger partial charge in [-0.1, -0.05) is 18.5 Å². The van der Waals surface area contributed by atoms with Gasteiger partial charge in [0, 0.05) is 28.5 Å². The molecule has 0 unspecified atom stereocenters. The number of benzene rings is 2. The van der Waals surface area contributed by atoms with Crippen LogP contribution in [0.25, 0.3) is 0 Å². The van der Waals surface area contributed by atoms with Gasteiger partial charge in [0.05, 0.1) is 6.54 Å². The van der Waals surface area contributed by atoms with Crippen molar-refractivity contribution in [3.63, 3.8) is 0 Å². The molecule has 126 valence electrons. The summed E-state index contributed by atoms with van der Waals surface area (Å²) in [5.41, 5.74) is 2.03. The van der Waals surface area contributed by atoms with Crippen LogP contribution in [0.15, 0.2) is 48.5 Å². The molecule has 0 heterocycles. The number of anilines is 2. The van der Waals surface area contributed by atoms with E-state index in [1.54, 1.807) is 48.5 Å². The summed E-state index contributed by atoms with van der Waals surface area (Å²) in [7, 11) is 0. The fourth-order valence-electron chi connectivity index (χ4n) is 2.00. The molecule has 3 N–H and O–H groups in total. The Balaban J connectivity index is 1.83. The maximum atomic E-state index is 11.9. The summed E-state index contributed by atoms with van der Waals surface area (Å²) < 4.78 is 0. The Morgan fingerprint density at radius 1 is 0.958 bits per heavy atom. The SMILES string of the molecule is CCCNC(=O)c1ccc(NC(=O)CNc2ccc(Cl)cc2)cc1. The molecule has 0 aliphatic heterocycles. The normalized spacial score (nSPS) is 10.1. The largest absolute Gasteiger partial charge is 0.376 e. The highest BCUT2D eigenvalue weighted by molar-refractivity contribution is 6.30. The van der Waals surface area contributed by atoms with Crippen molar-refractivity contribution in [3.8, 4) is 0 Å². The van der Waals surface area contributed by atoms with Crippen LogP contribution in [0.4, 0.5) is 11.4 Å². The predicted molar refractivity (Wildman–Crippen MR) is 97.6 cm³/mol. The van der Waals surface area contributed by atoms with E-state index in [4.69, 9.17) is 11.6 Å². The zero-order chi connectivity index (χ0) is 17.4. The number of amides is 2. The minimum atomic E-state index is -0.173. The Morgan fingerprint density at radius 2 is 1.58 bits per heavy atom. The van der Waals surface area contributed by atoms with E-state index in [1.807, 2.05) is 6.92 Å². The Kier molecular flexibility index (Phi) is 6.63. The molecule has 2 aromatic rings. The van der Waals surface area contributed by atoms with Crippen molar-refractivity contribution in [1.29, 1.82) is 0 Å². The molecule has 2 aromatic carbocycles. The first-order valence-corrected chi connectivity index (χ1v) is 8.14. The smallest absolute Gasteiger partial charge is 0.251 e. The van der Waals surface area contributed by atoms with Gasteiger partial charge < -0.3 is 16.0 Å². The average molecular weight is 346 g/mol. The van der Waals surface area contributed by atoms with Crippen molar-refractivity contribution in [2.24, 2.45) is 0 Å². The van der Waals surface area contributed by atoms with E-state index in [2.05, 4.69) is 16.0 Å². The van der Waals surface area contributed by atoms with E-state index >= 15 is 0 Å². The molecule has 0 saturated heterocycles. The van der Waals surface area contributed by atoms with E-state index in [0.29, 0.717) is 22.8 Å². The first-order valence-electron chi connectivity index (χ1n) is 7.76. The summed E-state index contributed by atoms with van der Waals surface area (Å²) in [5.74, 6) is -0.285. The molecule has 0 spiro atoms. The lowest BCUT2D eigenvalue weighted by molar-refractivity contribution is -0.114. The summed E-state index contributed by atoms with van der Waals surface area (Å²) in [4.78, 5) is 23.7. The molecule has 0 atom stereocenters. The van der Waals surface area contributed by atoms with E-state index in [1.165, 1.54) is 0 Å². The summed E-state index contributed by atoms with van der Waals surface area (Å²) >= 11 is 5.81. The second kappa shape index (κ2) is 8.93. The average Bonchev–Trinajstić information content (AvgIpc) is 2.60. The highest BCUT2D eigenvalue weighted by Crippen LogP contribution is 2.13. The lowest BCUT2D eigenvalue weighted by atomic mass is 10.2. The third kappa shape index (κ3) is 5.59. The fraction of sp³-hybridized carbons (Fsp3) is 0.222. The van der Waals surface area contributed by atoms with Crippen LogP contribution in [0, 0.1) is 0 Å². The zero-order valence-corrected chi connectivity index (χ0v) is 14.2. The van der Waals surface area contributed by atoms with Crippen LogP contribution < -0.4 is 16.0 Å². The van der Waals surface area contributed by atoms with Crippen molar-refractivity contribution in [2.45, 2.75) is 13.3 Å². The molecule has 0 fully saturated rings. The molecule has 0 aromatic heterocycles. The summed E-state index contributed by atoms with van der Waals surface area (Å²) in [6, 6.07) is 13.9. The Morgan fingerprint density at radius 3 is 2.21 bits per heavy atom. The zero-order valence-electron chi connectivity index (χ0n) is 13.4. The molecule has 6 heteroatoms. The van der Waals surface area contributed by atoms with Gasteiger partial charge in [-0.2, -0.15) is 0 Å². The van der Waals surface area contributed by atoms with Crippen molar-refractivity contribution >= 4 is 34.8 Å². The van der Waals surface area contributed by atoms with Crippen molar-refractivity contribution in [2.75, 3.05) is 23.7 Å². The lowest BCUT2D eigenvalue weighted by Gasteiger charge is -2.09.